The Morgan fingerprint density at radius 2 is 2.04 bits per heavy atom. The Morgan fingerprint density at radius 1 is 1.38 bits per heavy atom. The molecular formula is C15H20F3N3O3. The first-order valence-electron chi connectivity index (χ1n) is 7.64. The largest absolute Gasteiger partial charge is 0.490 e. The standard InChI is InChI=1S/C15H20F3N3O3/c1-24-13-4-2-3-12(14(13)21(22)23)19-9-11-5-7-20(8-6-11)10-15(16,17)18/h2-4,11,19H,5-10H2,1H3. The normalized spacial score (nSPS) is 16.8. The number of nitro groups is 1. The molecule has 24 heavy (non-hydrogen) atoms. The third-order valence-electron chi connectivity index (χ3n) is 4.09. The number of nitro benzene ring substituents is 1. The van der Waals surface area contributed by atoms with Crippen LogP contribution in [0.1, 0.15) is 12.8 Å². The third-order valence-corrected chi connectivity index (χ3v) is 4.09. The minimum Gasteiger partial charge on any atom is -0.490 e. The van der Waals surface area contributed by atoms with Gasteiger partial charge in [-0.05, 0) is 44.0 Å². The Labute approximate surface area is 137 Å². The van der Waals surface area contributed by atoms with Gasteiger partial charge in [-0.3, -0.25) is 15.0 Å². The van der Waals surface area contributed by atoms with E-state index in [1.54, 1.807) is 12.1 Å². The molecule has 0 atom stereocenters. The van der Waals surface area contributed by atoms with Crippen molar-refractivity contribution in [2.75, 3.05) is 38.6 Å². The molecule has 1 aliphatic heterocycles. The lowest BCUT2D eigenvalue weighted by molar-refractivity contribution is -0.384. The summed E-state index contributed by atoms with van der Waals surface area (Å²) in [6.07, 6.45) is -2.92. The van der Waals surface area contributed by atoms with E-state index in [1.165, 1.54) is 18.1 Å². The highest BCUT2D eigenvalue weighted by molar-refractivity contribution is 5.68. The number of hydrogen-bond donors (Lipinski definition) is 1. The predicted octanol–water partition coefficient (Wildman–Crippen LogP) is 3.29. The second-order valence-electron chi connectivity index (χ2n) is 5.83. The van der Waals surface area contributed by atoms with Crippen LogP contribution in [0.5, 0.6) is 5.75 Å². The summed E-state index contributed by atoms with van der Waals surface area (Å²) in [7, 11) is 1.36. The molecule has 0 amide bonds. The lowest BCUT2D eigenvalue weighted by Crippen LogP contribution is -2.41. The lowest BCUT2D eigenvalue weighted by Gasteiger charge is -2.32. The van der Waals surface area contributed by atoms with E-state index in [1.807, 2.05) is 0 Å². The third kappa shape index (κ3) is 4.98. The van der Waals surface area contributed by atoms with Gasteiger partial charge in [-0.2, -0.15) is 13.2 Å². The van der Waals surface area contributed by atoms with Gasteiger partial charge in [0.1, 0.15) is 5.69 Å². The van der Waals surface area contributed by atoms with Crippen molar-refractivity contribution in [3.05, 3.63) is 28.3 Å². The van der Waals surface area contributed by atoms with Gasteiger partial charge in [0.25, 0.3) is 0 Å². The zero-order chi connectivity index (χ0) is 17.7. The van der Waals surface area contributed by atoms with E-state index in [2.05, 4.69) is 5.32 Å². The molecule has 0 aromatic heterocycles. The molecule has 0 radical (unpaired) electrons. The molecule has 9 heteroatoms. The number of likely N-dealkylation sites (tertiary alicyclic amines) is 1. The van der Waals surface area contributed by atoms with E-state index < -0.39 is 17.6 Å². The molecule has 1 fully saturated rings. The molecule has 1 aliphatic rings. The van der Waals surface area contributed by atoms with Crippen LogP contribution in [0.2, 0.25) is 0 Å². The first kappa shape index (κ1) is 18.3. The van der Waals surface area contributed by atoms with Crippen LogP contribution in [-0.4, -0.2) is 49.3 Å². The quantitative estimate of drug-likeness (QED) is 0.632. The number of hydrogen-bond acceptors (Lipinski definition) is 5. The maximum Gasteiger partial charge on any atom is 0.401 e. The van der Waals surface area contributed by atoms with Crippen LogP contribution in [0, 0.1) is 16.0 Å². The van der Waals surface area contributed by atoms with E-state index in [4.69, 9.17) is 4.74 Å². The molecule has 0 aliphatic carbocycles. The predicted molar refractivity (Wildman–Crippen MR) is 83.4 cm³/mol. The van der Waals surface area contributed by atoms with Gasteiger partial charge in [0.05, 0.1) is 18.6 Å². The maximum atomic E-state index is 12.4. The van der Waals surface area contributed by atoms with E-state index in [-0.39, 0.29) is 17.4 Å². The van der Waals surface area contributed by atoms with Gasteiger partial charge in [0, 0.05) is 6.54 Å². The summed E-state index contributed by atoms with van der Waals surface area (Å²) in [5, 5.41) is 14.2. The summed E-state index contributed by atoms with van der Waals surface area (Å²) >= 11 is 0. The number of alkyl halides is 3. The molecule has 0 saturated carbocycles. The Balaban J connectivity index is 1.90. The molecule has 0 bridgehead atoms. The van der Waals surface area contributed by atoms with Crippen molar-refractivity contribution >= 4 is 11.4 Å². The van der Waals surface area contributed by atoms with Crippen molar-refractivity contribution in [2.24, 2.45) is 5.92 Å². The molecule has 1 N–H and O–H groups in total. The molecular weight excluding hydrogens is 327 g/mol. The number of methoxy groups -OCH3 is 1. The maximum absolute atomic E-state index is 12.4. The summed E-state index contributed by atoms with van der Waals surface area (Å²) in [6, 6.07) is 4.76. The van der Waals surface area contributed by atoms with Gasteiger partial charge in [0.15, 0.2) is 5.75 Å². The van der Waals surface area contributed by atoms with Crippen molar-refractivity contribution in [3.63, 3.8) is 0 Å². The smallest absolute Gasteiger partial charge is 0.401 e. The summed E-state index contributed by atoms with van der Waals surface area (Å²) in [6.45, 7) is 0.362. The van der Waals surface area contributed by atoms with E-state index in [0.29, 0.717) is 38.2 Å². The summed E-state index contributed by atoms with van der Waals surface area (Å²) in [4.78, 5) is 12.1. The topological polar surface area (TPSA) is 67.6 Å². The lowest BCUT2D eigenvalue weighted by atomic mass is 9.96. The van der Waals surface area contributed by atoms with Crippen LogP contribution in [0.4, 0.5) is 24.5 Å². The van der Waals surface area contributed by atoms with Crippen molar-refractivity contribution in [1.82, 2.24) is 4.90 Å². The Morgan fingerprint density at radius 3 is 2.58 bits per heavy atom. The fourth-order valence-corrected chi connectivity index (χ4v) is 2.87. The van der Waals surface area contributed by atoms with Crippen LogP contribution >= 0.6 is 0 Å². The molecule has 2 rings (SSSR count). The average molecular weight is 347 g/mol. The Kier molecular flexibility index (Phi) is 5.87. The number of rotatable bonds is 6. The van der Waals surface area contributed by atoms with Crippen LogP contribution in [0.3, 0.4) is 0 Å². The van der Waals surface area contributed by atoms with Gasteiger partial charge in [-0.25, -0.2) is 0 Å². The molecule has 1 aromatic rings. The molecule has 134 valence electrons. The molecule has 0 unspecified atom stereocenters. The zero-order valence-electron chi connectivity index (χ0n) is 13.3. The number of anilines is 1. The Hall–Kier alpha value is -2.03. The number of nitrogens with one attached hydrogen (secondary N) is 1. The van der Waals surface area contributed by atoms with Gasteiger partial charge in [0.2, 0.25) is 0 Å². The van der Waals surface area contributed by atoms with Gasteiger partial charge in [-0.1, -0.05) is 6.07 Å². The first-order chi connectivity index (χ1) is 11.3. The Bertz CT molecular complexity index is 573. The van der Waals surface area contributed by atoms with E-state index >= 15 is 0 Å². The SMILES string of the molecule is COc1cccc(NCC2CCN(CC(F)(F)F)CC2)c1[N+](=O)[O-]. The highest BCUT2D eigenvalue weighted by Gasteiger charge is 2.32. The molecule has 1 heterocycles. The van der Waals surface area contributed by atoms with Gasteiger partial charge >= 0.3 is 11.9 Å². The summed E-state index contributed by atoms with van der Waals surface area (Å²) < 4.78 is 42.1. The first-order valence-corrected chi connectivity index (χ1v) is 7.64. The van der Waals surface area contributed by atoms with Crippen LogP contribution < -0.4 is 10.1 Å². The number of benzene rings is 1. The van der Waals surface area contributed by atoms with Crippen molar-refractivity contribution in [3.8, 4) is 5.75 Å². The molecule has 1 aromatic carbocycles. The number of halogens is 3. The summed E-state index contributed by atoms with van der Waals surface area (Å²) in [5.41, 5.74) is 0.228. The summed E-state index contributed by atoms with van der Waals surface area (Å²) in [5.74, 6) is 0.352. The highest BCUT2D eigenvalue weighted by atomic mass is 19.4. The molecule has 1 saturated heterocycles. The minimum atomic E-state index is -4.17. The van der Waals surface area contributed by atoms with E-state index in [9.17, 15) is 23.3 Å². The highest BCUT2D eigenvalue weighted by Crippen LogP contribution is 2.34. The number of para-hydroxylation sites is 1. The van der Waals surface area contributed by atoms with Crippen molar-refractivity contribution < 1.29 is 22.8 Å². The van der Waals surface area contributed by atoms with Crippen molar-refractivity contribution in [1.29, 1.82) is 0 Å². The average Bonchev–Trinajstić information content (AvgIpc) is 2.52. The minimum absolute atomic E-state index is 0.130. The van der Waals surface area contributed by atoms with Crippen LogP contribution in [0.25, 0.3) is 0 Å². The van der Waals surface area contributed by atoms with Gasteiger partial charge in [-0.15, -0.1) is 0 Å². The number of piperidine rings is 1. The monoisotopic (exact) mass is 347 g/mol. The number of ether oxygens (including phenoxy) is 1. The van der Waals surface area contributed by atoms with E-state index in [0.717, 1.165) is 0 Å². The van der Waals surface area contributed by atoms with Crippen LogP contribution in [-0.2, 0) is 0 Å². The fourth-order valence-electron chi connectivity index (χ4n) is 2.87. The second kappa shape index (κ2) is 7.69. The molecule has 6 nitrogen and oxygen atoms in total. The molecule has 0 spiro atoms. The number of nitrogens with zero attached hydrogens (tertiary/aromatic N) is 2. The zero-order valence-corrected chi connectivity index (χ0v) is 13.3. The second-order valence-corrected chi connectivity index (χ2v) is 5.83. The fraction of sp³-hybridized carbons (Fsp3) is 0.600. The van der Waals surface area contributed by atoms with Crippen molar-refractivity contribution in [2.45, 2.75) is 19.0 Å². The van der Waals surface area contributed by atoms with Crippen LogP contribution in [0.15, 0.2) is 18.2 Å². The van der Waals surface area contributed by atoms with Gasteiger partial charge < -0.3 is 10.1 Å².